The van der Waals surface area contributed by atoms with E-state index in [4.69, 9.17) is 19.3 Å². The zero-order valence-corrected chi connectivity index (χ0v) is 11.6. The second-order valence-electron chi connectivity index (χ2n) is 4.85. The average molecular weight is 280 g/mol. The van der Waals surface area contributed by atoms with Crippen LogP contribution in [0, 0.1) is 0 Å². The van der Waals surface area contributed by atoms with Crippen molar-refractivity contribution >= 4 is 5.97 Å². The molecule has 1 aliphatic rings. The van der Waals surface area contributed by atoms with E-state index in [-0.39, 0.29) is 18.6 Å². The molecule has 2 rings (SSSR count). The van der Waals surface area contributed by atoms with Crippen molar-refractivity contribution in [2.24, 2.45) is 0 Å². The molecule has 1 aliphatic heterocycles. The summed E-state index contributed by atoms with van der Waals surface area (Å²) in [6, 6.07) is 7.64. The lowest BCUT2D eigenvalue weighted by molar-refractivity contribution is -0.150. The number of hydrogen-bond acceptors (Lipinski definition) is 4. The summed E-state index contributed by atoms with van der Waals surface area (Å²) in [5.41, 5.74) is 1.03. The minimum absolute atomic E-state index is 0.00667. The van der Waals surface area contributed by atoms with Crippen LogP contribution in [0.4, 0.5) is 0 Å². The Balaban J connectivity index is 1.88. The molecule has 1 fully saturated rings. The Bertz CT molecular complexity index is 428. The van der Waals surface area contributed by atoms with Crippen molar-refractivity contribution in [3.05, 3.63) is 29.8 Å². The van der Waals surface area contributed by atoms with Crippen LogP contribution < -0.4 is 4.74 Å². The maximum atomic E-state index is 10.8. The normalized spacial score (nSPS) is 22.4. The fourth-order valence-corrected chi connectivity index (χ4v) is 2.29. The van der Waals surface area contributed by atoms with E-state index in [2.05, 4.69) is 0 Å². The van der Waals surface area contributed by atoms with Gasteiger partial charge in [0.1, 0.15) is 5.75 Å². The molecule has 110 valence electrons. The number of ether oxygens (including phenoxy) is 3. The minimum atomic E-state index is -0.852. The first-order valence-electron chi connectivity index (χ1n) is 6.77. The van der Waals surface area contributed by atoms with Gasteiger partial charge >= 0.3 is 5.97 Å². The highest BCUT2D eigenvalue weighted by Gasteiger charge is 2.28. The summed E-state index contributed by atoms with van der Waals surface area (Å²) >= 11 is 0. The van der Waals surface area contributed by atoms with Crippen molar-refractivity contribution in [3.63, 3.8) is 0 Å². The third-order valence-corrected chi connectivity index (χ3v) is 3.38. The van der Waals surface area contributed by atoms with Gasteiger partial charge in [-0.1, -0.05) is 12.1 Å². The zero-order valence-electron chi connectivity index (χ0n) is 11.6. The molecule has 0 bridgehead atoms. The number of carboxylic acids is 1. The Morgan fingerprint density at radius 1 is 1.40 bits per heavy atom. The molecule has 1 heterocycles. The van der Waals surface area contributed by atoms with Crippen LogP contribution in [0.25, 0.3) is 0 Å². The highest BCUT2D eigenvalue weighted by Crippen LogP contribution is 2.22. The van der Waals surface area contributed by atoms with Crippen LogP contribution in [0.5, 0.6) is 5.75 Å². The molecule has 0 unspecified atom stereocenters. The van der Waals surface area contributed by atoms with Crippen LogP contribution >= 0.6 is 0 Å². The number of rotatable bonds is 6. The van der Waals surface area contributed by atoms with Gasteiger partial charge in [-0.05, 0) is 30.5 Å². The van der Waals surface area contributed by atoms with E-state index in [1.807, 2.05) is 24.3 Å². The summed E-state index contributed by atoms with van der Waals surface area (Å²) < 4.78 is 16.4. The van der Waals surface area contributed by atoms with Gasteiger partial charge in [0.05, 0.1) is 32.3 Å². The van der Waals surface area contributed by atoms with Crippen molar-refractivity contribution in [2.75, 3.05) is 13.7 Å². The number of benzene rings is 1. The summed E-state index contributed by atoms with van der Waals surface area (Å²) in [7, 11) is 1.63. The lowest BCUT2D eigenvalue weighted by atomic mass is 10.0. The monoisotopic (exact) mass is 280 g/mol. The number of methoxy groups -OCH3 is 1. The summed E-state index contributed by atoms with van der Waals surface area (Å²) in [4.78, 5) is 10.8. The molecule has 1 N–H and O–H groups in total. The molecule has 0 aliphatic carbocycles. The molecular formula is C15H20O5. The number of carboxylic acid groups (broad SMARTS) is 1. The van der Waals surface area contributed by atoms with Crippen molar-refractivity contribution in [2.45, 2.75) is 38.1 Å². The summed E-state index contributed by atoms with van der Waals surface area (Å²) in [6.07, 6.45) is 1.24. The molecule has 0 saturated carbocycles. The quantitative estimate of drug-likeness (QED) is 0.865. The summed E-state index contributed by atoms with van der Waals surface area (Å²) in [6.45, 7) is 1.06. The zero-order chi connectivity index (χ0) is 14.4. The number of carbonyl (C=O) groups is 1. The van der Waals surface area contributed by atoms with Crippen LogP contribution in [0.1, 0.15) is 24.8 Å². The first-order valence-corrected chi connectivity index (χ1v) is 6.77. The Morgan fingerprint density at radius 2 is 2.15 bits per heavy atom. The molecule has 20 heavy (non-hydrogen) atoms. The highest BCUT2D eigenvalue weighted by molar-refractivity contribution is 5.67. The van der Waals surface area contributed by atoms with Gasteiger partial charge in [0.2, 0.25) is 0 Å². The summed E-state index contributed by atoms with van der Waals surface area (Å²) in [5, 5.41) is 8.88. The Kier molecular flexibility index (Phi) is 5.38. The van der Waals surface area contributed by atoms with E-state index < -0.39 is 5.97 Å². The van der Waals surface area contributed by atoms with Gasteiger partial charge < -0.3 is 19.3 Å². The fourth-order valence-electron chi connectivity index (χ4n) is 2.29. The molecule has 0 spiro atoms. The molecule has 1 saturated heterocycles. The standard InChI is InChI=1S/C15H20O5/c1-18-12-6-4-11(5-7-12)10-20-13-3-2-8-19-14(13)9-15(16)17/h4-7,13-14H,2-3,8-10H2,1H3,(H,16,17)/t13-,14+/m0/s1. The lowest BCUT2D eigenvalue weighted by Gasteiger charge is -2.30. The van der Waals surface area contributed by atoms with Gasteiger partial charge in [-0.15, -0.1) is 0 Å². The second kappa shape index (κ2) is 7.26. The van der Waals surface area contributed by atoms with Crippen LogP contribution in [0.2, 0.25) is 0 Å². The number of hydrogen-bond donors (Lipinski definition) is 1. The molecule has 0 amide bonds. The first kappa shape index (κ1) is 14.8. The van der Waals surface area contributed by atoms with Gasteiger partial charge in [0, 0.05) is 6.61 Å². The van der Waals surface area contributed by atoms with E-state index in [0.29, 0.717) is 13.2 Å². The van der Waals surface area contributed by atoms with E-state index in [0.717, 1.165) is 24.2 Å². The number of aliphatic carboxylic acids is 1. The van der Waals surface area contributed by atoms with E-state index in [9.17, 15) is 4.79 Å². The maximum absolute atomic E-state index is 10.8. The van der Waals surface area contributed by atoms with E-state index in [1.165, 1.54) is 0 Å². The molecule has 0 aromatic heterocycles. The molecule has 5 nitrogen and oxygen atoms in total. The minimum Gasteiger partial charge on any atom is -0.497 e. The maximum Gasteiger partial charge on any atom is 0.306 e. The molecule has 5 heteroatoms. The van der Waals surface area contributed by atoms with Gasteiger partial charge in [-0.3, -0.25) is 4.79 Å². The average Bonchev–Trinajstić information content (AvgIpc) is 2.46. The smallest absolute Gasteiger partial charge is 0.306 e. The molecular weight excluding hydrogens is 260 g/mol. The van der Waals surface area contributed by atoms with Crippen molar-refractivity contribution in [1.82, 2.24) is 0 Å². The molecule has 0 radical (unpaired) electrons. The van der Waals surface area contributed by atoms with E-state index in [1.54, 1.807) is 7.11 Å². The van der Waals surface area contributed by atoms with Crippen LogP contribution in [0.3, 0.4) is 0 Å². The Hall–Kier alpha value is -1.59. The SMILES string of the molecule is COc1ccc(CO[C@H]2CCCO[C@@H]2CC(=O)O)cc1. The van der Waals surface area contributed by atoms with E-state index >= 15 is 0 Å². The Labute approximate surface area is 118 Å². The van der Waals surface area contributed by atoms with Crippen LogP contribution in [0.15, 0.2) is 24.3 Å². The third kappa shape index (κ3) is 4.21. The topological polar surface area (TPSA) is 65.0 Å². The Morgan fingerprint density at radius 3 is 2.80 bits per heavy atom. The van der Waals surface area contributed by atoms with Crippen molar-refractivity contribution in [3.8, 4) is 5.75 Å². The molecule has 1 aromatic rings. The second-order valence-corrected chi connectivity index (χ2v) is 4.85. The van der Waals surface area contributed by atoms with Crippen molar-refractivity contribution in [1.29, 1.82) is 0 Å². The van der Waals surface area contributed by atoms with Crippen LogP contribution in [-0.2, 0) is 20.9 Å². The third-order valence-electron chi connectivity index (χ3n) is 3.38. The first-order chi connectivity index (χ1) is 9.69. The van der Waals surface area contributed by atoms with Gasteiger partial charge in [0.25, 0.3) is 0 Å². The predicted molar refractivity (Wildman–Crippen MR) is 72.8 cm³/mol. The van der Waals surface area contributed by atoms with Gasteiger partial charge in [0.15, 0.2) is 0 Å². The summed E-state index contributed by atoms with van der Waals surface area (Å²) in [5.74, 6) is -0.0477. The highest BCUT2D eigenvalue weighted by atomic mass is 16.5. The van der Waals surface area contributed by atoms with Crippen LogP contribution in [-0.4, -0.2) is 37.0 Å². The largest absolute Gasteiger partial charge is 0.497 e. The van der Waals surface area contributed by atoms with Crippen molar-refractivity contribution < 1.29 is 24.1 Å². The lowest BCUT2D eigenvalue weighted by Crippen LogP contribution is -2.37. The predicted octanol–water partition coefficient (Wildman–Crippen LogP) is 2.23. The molecule has 2 atom stereocenters. The van der Waals surface area contributed by atoms with Gasteiger partial charge in [-0.2, -0.15) is 0 Å². The molecule has 1 aromatic carbocycles. The van der Waals surface area contributed by atoms with Gasteiger partial charge in [-0.25, -0.2) is 0 Å². The fraction of sp³-hybridized carbons (Fsp3) is 0.533.